The van der Waals surface area contributed by atoms with Gasteiger partial charge in [0.2, 0.25) is 5.91 Å². The number of carbonyl (C=O) groups excluding carboxylic acids is 2. The maximum absolute atomic E-state index is 13.2. The number of amides is 2. The van der Waals surface area contributed by atoms with Gasteiger partial charge in [-0.3, -0.25) is 9.59 Å². The van der Waals surface area contributed by atoms with E-state index in [4.69, 9.17) is 0 Å². The van der Waals surface area contributed by atoms with Crippen molar-refractivity contribution < 1.29 is 14.0 Å². The molecule has 1 aromatic carbocycles. The predicted molar refractivity (Wildman–Crippen MR) is 89.3 cm³/mol. The molecule has 0 aliphatic carbocycles. The lowest BCUT2D eigenvalue weighted by molar-refractivity contribution is -0.130. The minimum Gasteiger partial charge on any atom is -0.341 e. The largest absolute Gasteiger partial charge is 0.341 e. The first-order valence-electron chi connectivity index (χ1n) is 7.59. The van der Waals surface area contributed by atoms with E-state index in [9.17, 15) is 14.0 Å². The van der Waals surface area contributed by atoms with Crippen molar-refractivity contribution in [2.24, 2.45) is 0 Å². The third-order valence-corrected chi connectivity index (χ3v) is 3.80. The summed E-state index contributed by atoms with van der Waals surface area (Å²) in [6.45, 7) is 2.92. The van der Waals surface area contributed by atoms with Crippen molar-refractivity contribution in [3.63, 3.8) is 0 Å². The average Bonchev–Trinajstić information content (AvgIpc) is 2.78. The first-order valence-corrected chi connectivity index (χ1v) is 7.59. The summed E-state index contributed by atoms with van der Waals surface area (Å²) in [5, 5.41) is 2.96. The molecule has 1 aliphatic rings. The Hall–Kier alpha value is -1.66. The van der Waals surface area contributed by atoms with E-state index in [1.807, 2.05) is 7.05 Å². The van der Waals surface area contributed by atoms with Gasteiger partial charge in [0.15, 0.2) is 0 Å². The highest BCUT2D eigenvalue weighted by Gasteiger charge is 2.22. The monoisotopic (exact) mass is 343 g/mol. The number of rotatable bonds is 4. The number of nitrogens with one attached hydrogen (secondary N) is 1. The highest BCUT2D eigenvalue weighted by molar-refractivity contribution is 5.94. The van der Waals surface area contributed by atoms with Crippen molar-refractivity contribution in [3.05, 3.63) is 35.6 Å². The van der Waals surface area contributed by atoms with E-state index >= 15 is 0 Å². The Morgan fingerprint density at radius 1 is 1.17 bits per heavy atom. The van der Waals surface area contributed by atoms with Crippen LogP contribution in [-0.4, -0.2) is 61.4 Å². The zero-order valence-electron chi connectivity index (χ0n) is 13.3. The van der Waals surface area contributed by atoms with Crippen LogP contribution in [-0.2, 0) is 4.79 Å². The van der Waals surface area contributed by atoms with Gasteiger partial charge in [-0.25, -0.2) is 4.39 Å². The van der Waals surface area contributed by atoms with Crippen LogP contribution in [0.4, 0.5) is 4.39 Å². The van der Waals surface area contributed by atoms with Gasteiger partial charge >= 0.3 is 0 Å². The van der Waals surface area contributed by atoms with E-state index in [0.717, 1.165) is 6.42 Å². The van der Waals surface area contributed by atoms with Gasteiger partial charge in [0, 0.05) is 44.7 Å². The molecule has 7 heteroatoms. The van der Waals surface area contributed by atoms with Crippen LogP contribution in [0.5, 0.6) is 0 Å². The normalized spacial score (nSPS) is 14.9. The van der Waals surface area contributed by atoms with Gasteiger partial charge in [0.1, 0.15) is 5.82 Å². The number of hydrogen-bond donors (Lipinski definition) is 1. The second-order valence-corrected chi connectivity index (χ2v) is 5.39. The van der Waals surface area contributed by atoms with Gasteiger partial charge in [-0.05, 0) is 31.7 Å². The van der Waals surface area contributed by atoms with Crippen LogP contribution in [0.25, 0.3) is 0 Å². The van der Waals surface area contributed by atoms with Crippen LogP contribution in [0.15, 0.2) is 24.3 Å². The molecule has 2 rings (SSSR count). The molecule has 0 bridgehead atoms. The zero-order chi connectivity index (χ0) is 15.9. The molecule has 1 heterocycles. The Bertz CT molecular complexity index is 542. The molecule has 23 heavy (non-hydrogen) atoms. The van der Waals surface area contributed by atoms with Gasteiger partial charge < -0.3 is 15.1 Å². The van der Waals surface area contributed by atoms with E-state index in [1.165, 1.54) is 18.2 Å². The van der Waals surface area contributed by atoms with Crippen molar-refractivity contribution in [2.75, 3.05) is 39.8 Å². The van der Waals surface area contributed by atoms with E-state index in [-0.39, 0.29) is 24.2 Å². The van der Waals surface area contributed by atoms with E-state index in [0.29, 0.717) is 44.7 Å². The van der Waals surface area contributed by atoms with Crippen LogP contribution in [0.1, 0.15) is 23.2 Å². The topological polar surface area (TPSA) is 52.7 Å². The fraction of sp³-hybridized carbons (Fsp3) is 0.500. The molecule has 5 nitrogen and oxygen atoms in total. The minimum atomic E-state index is -0.412. The summed E-state index contributed by atoms with van der Waals surface area (Å²) < 4.78 is 13.2. The SMILES string of the molecule is CNCCC(=O)N1CCCN(C(=O)c2cccc(F)c2)CC1.Cl. The lowest BCUT2D eigenvalue weighted by Gasteiger charge is -2.22. The molecule has 1 N–H and O–H groups in total. The Morgan fingerprint density at radius 2 is 1.87 bits per heavy atom. The molecule has 0 radical (unpaired) electrons. The third kappa shape index (κ3) is 5.48. The number of benzene rings is 1. The highest BCUT2D eigenvalue weighted by atomic mass is 35.5. The molecule has 1 fully saturated rings. The maximum Gasteiger partial charge on any atom is 0.254 e. The van der Waals surface area contributed by atoms with Gasteiger partial charge in [-0.15, -0.1) is 12.4 Å². The lowest BCUT2D eigenvalue weighted by Crippen LogP contribution is -2.38. The van der Waals surface area contributed by atoms with Gasteiger partial charge in [0.05, 0.1) is 0 Å². The van der Waals surface area contributed by atoms with Gasteiger partial charge in [-0.1, -0.05) is 6.07 Å². The predicted octanol–water partition coefficient (Wildman–Crippen LogP) is 1.53. The second kappa shape index (κ2) is 9.47. The van der Waals surface area contributed by atoms with Crippen LogP contribution in [0.3, 0.4) is 0 Å². The fourth-order valence-corrected chi connectivity index (χ4v) is 2.56. The molecular weight excluding hydrogens is 321 g/mol. The fourth-order valence-electron chi connectivity index (χ4n) is 2.56. The summed E-state index contributed by atoms with van der Waals surface area (Å²) in [6.07, 6.45) is 1.21. The quantitative estimate of drug-likeness (QED) is 0.902. The molecule has 1 saturated heterocycles. The first-order chi connectivity index (χ1) is 10.6. The van der Waals surface area contributed by atoms with Crippen LogP contribution in [0, 0.1) is 5.82 Å². The number of nitrogens with zero attached hydrogens (tertiary/aromatic N) is 2. The third-order valence-electron chi connectivity index (χ3n) is 3.80. The van der Waals surface area contributed by atoms with Crippen molar-refractivity contribution >= 4 is 24.2 Å². The number of carbonyl (C=O) groups is 2. The number of hydrogen-bond acceptors (Lipinski definition) is 3. The van der Waals surface area contributed by atoms with Crippen molar-refractivity contribution in [2.45, 2.75) is 12.8 Å². The maximum atomic E-state index is 13.2. The number of halogens is 2. The van der Waals surface area contributed by atoms with Crippen LogP contribution in [0.2, 0.25) is 0 Å². The Morgan fingerprint density at radius 3 is 2.57 bits per heavy atom. The van der Waals surface area contributed by atoms with Crippen molar-refractivity contribution in [1.82, 2.24) is 15.1 Å². The second-order valence-electron chi connectivity index (χ2n) is 5.39. The molecule has 128 valence electrons. The summed E-state index contributed by atoms with van der Waals surface area (Å²) in [5.41, 5.74) is 0.356. The molecule has 0 aromatic heterocycles. The Kier molecular flexibility index (Phi) is 7.98. The summed E-state index contributed by atoms with van der Waals surface area (Å²) in [5.74, 6) is -0.483. The van der Waals surface area contributed by atoms with Crippen LogP contribution >= 0.6 is 12.4 Å². The summed E-state index contributed by atoms with van der Waals surface area (Å²) >= 11 is 0. The summed E-state index contributed by atoms with van der Waals surface area (Å²) in [7, 11) is 1.81. The van der Waals surface area contributed by atoms with Gasteiger partial charge in [0.25, 0.3) is 5.91 Å². The molecular formula is C16H23ClFN3O2. The average molecular weight is 344 g/mol. The molecule has 0 saturated carbocycles. The Balaban J connectivity index is 0.00000264. The standard InChI is InChI=1S/C16H22FN3O2.ClH/c1-18-7-6-15(21)19-8-3-9-20(11-10-19)16(22)13-4-2-5-14(17)12-13;/h2,4-5,12,18H,3,6-11H2,1H3;1H. The van der Waals surface area contributed by atoms with E-state index in [1.54, 1.807) is 15.9 Å². The molecule has 1 aliphatic heterocycles. The van der Waals surface area contributed by atoms with E-state index < -0.39 is 5.82 Å². The molecule has 0 spiro atoms. The highest BCUT2D eigenvalue weighted by Crippen LogP contribution is 2.11. The van der Waals surface area contributed by atoms with Gasteiger partial charge in [-0.2, -0.15) is 0 Å². The summed E-state index contributed by atoms with van der Waals surface area (Å²) in [6, 6.07) is 5.73. The van der Waals surface area contributed by atoms with Crippen molar-refractivity contribution in [3.8, 4) is 0 Å². The molecule has 0 atom stereocenters. The molecule has 0 unspecified atom stereocenters. The minimum absolute atomic E-state index is 0. The zero-order valence-corrected chi connectivity index (χ0v) is 14.1. The lowest BCUT2D eigenvalue weighted by atomic mass is 10.2. The van der Waals surface area contributed by atoms with Crippen LogP contribution < -0.4 is 5.32 Å². The first kappa shape index (κ1) is 19.4. The van der Waals surface area contributed by atoms with E-state index in [2.05, 4.69) is 5.32 Å². The molecule has 1 aromatic rings. The Labute approximate surface area is 142 Å². The van der Waals surface area contributed by atoms with Crippen molar-refractivity contribution in [1.29, 1.82) is 0 Å². The smallest absolute Gasteiger partial charge is 0.254 e. The summed E-state index contributed by atoms with van der Waals surface area (Å²) in [4.78, 5) is 27.9. The molecule has 2 amide bonds.